The van der Waals surface area contributed by atoms with Crippen molar-refractivity contribution in [2.45, 2.75) is 45.5 Å². The number of fused-ring (bicyclic) bond motifs is 1. The number of alkyl halides is 6. The first-order valence-corrected chi connectivity index (χ1v) is 7.90. The number of carbonyl (C=O) groups is 1. The molecule has 0 N–H and O–H groups in total. The van der Waals surface area contributed by atoms with E-state index in [-0.39, 0.29) is 18.6 Å². The molecular formula is C15H17F6N5O. The van der Waals surface area contributed by atoms with Crippen LogP contribution in [0, 0.1) is 13.8 Å². The molecule has 0 aliphatic rings. The lowest BCUT2D eigenvalue weighted by Gasteiger charge is -2.18. The van der Waals surface area contributed by atoms with Crippen molar-refractivity contribution in [1.82, 2.24) is 24.5 Å². The molecule has 0 fully saturated rings. The van der Waals surface area contributed by atoms with Crippen LogP contribution in [0.15, 0.2) is 0 Å². The van der Waals surface area contributed by atoms with Crippen LogP contribution in [0.5, 0.6) is 0 Å². The van der Waals surface area contributed by atoms with Gasteiger partial charge in [0.25, 0.3) is 11.6 Å². The summed E-state index contributed by atoms with van der Waals surface area (Å²) in [6.07, 6.45) is -10.2. The van der Waals surface area contributed by atoms with E-state index in [9.17, 15) is 31.1 Å². The number of hydrogen-bond acceptors (Lipinski definition) is 4. The molecule has 2 rings (SSSR count). The highest BCUT2D eigenvalue weighted by molar-refractivity contribution is 5.76. The number of aryl methyl sites for hydroxylation is 2. The normalized spacial score (nSPS) is 12.6. The summed E-state index contributed by atoms with van der Waals surface area (Å²) in [5, 5.41) is 3.40. The number of aromatic nitrogens is 4. The molecule has 0 atom stereocenters. The Kier molecular flexibility index (Phi) is 5.66. The Labute approximate surface area is 150 Å². The predicted molar refractivity (Wildman–Crippen MR) is 81.9 cm³/mol. The first kappa shape index (κ1) is 20.9. The first-order valence-electron chi connectivity index (χ1n) is 7.90. The topological polar surface area (TPSA) is 63.4 Å². The van der Waals surface area contributed by atoms with Crippen LogP contribution in [0.3, 0.4) is 0 Å². The lowest BCUT2D eigenvalue weighted by molar-refractivity contribution is -0.145. The average Bonchev–Trinajstić information content (AvgIpc) is 2.95. The summed E-state index contributed by atoms with van der Waals surface area (Å²) in [5.74, 6) is -2.04. The fourth-order valence-corrected chi connectivity index (χ4v) is 2.53. The summed E-state index contributed by atoms with van der Waals surface area (Å²) in [4.78, 5) is 20.3. The molecule has 2 aromatic rings. The summed E-state index contributed by atoms with van der Waals surface area (Å²) < 4.78 is 75.9. The Morgan fingerprint density at radius 1 is 1.11 bits per heavy atom. The third-order valence-corrected chi connectivity index (χ3v) is 4.05. The van der Waals surface area contributed by atoms with Gasteiger partial charge in [-0.1, -0.05) is 0 Å². The van der Waals surface area contributed by atoms with Gasteiger partial charge in [0, 0.05) is 31.4 Å². The van der Waals surface area contributed by atoms with E-state index < -0.39 is 37.0 Å². The predicted octanol–water partition coefficient (Wildman–Crippen LogP) is 3.10. The van der Waals surface area contributed by atoms with Crippen molar-refractivity contribution in [2.75, 3.05) is 13.6 Å². The van der Waals surface area contributed by atoms with Crippen LogP contribution in [0.1, 0.15) is 35.6 Å². The van der Waals surface area contributed by atoms with Gasteiger partial charge in [0.2, 0.25) is 5.91 Å². The second-order valence-corrected chi connectivity index (χ2v) is 6.09. The molecule has 0 saturated carbocycles. The molecule has 2 aromatic heterocycles. The van der Waals surface area contributed by atoms with E-state index in [0.29, 0.717) is 17.0 Å². The van der Waals surface area contributed by atoms with Gasteiger partial charge in [-0.25, -0.2) is 9.50 Å². The maximum Gasteiger partial charge on any atom is 0.453 e. The summed E-state index contributed by atoms with van der Waals surface area (Å²) in [7, 11) is 1.27. The summed E-state index contributed by atoms with van der Waals surface area (Å²) >= 11 is 0. The molecule has 1 amide bonds. The fraction of sp³-hybridized carbons (Fsp3) is 0.600. The molecule has 0 radical (unpaired) electrons. The van der Waals surface area contributed by atoms with Crippen LogP contribution in [0.25, 0.3) is 5.78 Å². The number of nitrogens with zero attached hydrogens (tertiary/aromatic N) is 5. The SMILES string of the molecule is Cc1nc2nc(C(F)(F)F)nn2c(C)c1CCC(=O)N(C)CCC(F)(F)F. The molecule has 0 saturated heterocycles. The second kappa shape index (κ2) is 7.31. The molecule has 0 spiro atoms. The van der Waals surface area contributed by atoms with Crippen molar-refractivity contribution in [1.29, 1.82) is 0 Å². The summed E-state index contributed by atoms with van der Waals surface area (Å²) in [6, 6.07) is 0. The van der Waals surface area contributed by atoms with E-state index in [1.807, 2.05) is 0 Å². The minimum atomic E-state index is -4.72. The van der Waals surface area contributed by atoms with Gasteiger partial charge in [0.05, 0.1) is 6.42 Å². The van der Waals surface area contributed by atoms with Crippen LogP contribution in [0.4, 0.5) is 26.3 Å². The third kappa shape index (κ3) is 5.07. The van der Waals surface area contributed by atoms with Crippen LogP contribution < -0.4 is 0 Å². The Morgan fingerprint density at radius 2 is 1.74 bits per heavy atom. The third-order valence-electron chi connectivity index (χ3n) is 4.05. The van der Waals surface area contributed by atoms with Crippen molar-refractivity contribution in [2.24, 2.45) is 0 Å². The number of rotatable bonds is 5. The number of halogens is 6. The van der Waals surface area contributed by atoms with Crippen molar-refractivity contribution in [3.8, 4) is 0 Å². The van der Waals surface area contributed by atoms with E-state index in [0.717, 1.165) is 9.42 Å². The molecule has 150 valence electrons. The summed E-state index contributed by atoms with van der Waals surface area (Å²) in [6.45, 7) is 2.61. The minimum absolute atomic E-state index is 0.107. The summed E-state index contributed by atoms with van der Waals surface area (Å²) in [5.41, 5.74) is 1.22. The van der Waals surface area contributed by atoms with Gasteiger partial charge in [0.1, 0.15) is 0 Å². The van der Waals surface area contributed by atoms with Gasteiger partial charge in [-0.2, -0.15) is 31.3 Å². The van der Waals surface area contributed by atoms with Gasteiger partial charge in [-0.05, 0) is 25.8 Å². The molecule has 0 aliphatic carbocycles. The van der Waals surface area contributed by atoms with Crippen molar-refractivity contribution >= 4 is 11.7 Å². The van der Waals surface area contributed by atoms with E-state index in [4.69, 9.17) is 0 Å². The minimum Gasteiger partial charge on any atom is -0.345 e. The molecule has 12 heteroatoms. The Balaban J connectivity index is 2.15. The van der Waals surface area contributed by atoms with Crippen molar-refractivity contribution in [3.05, 3.63) is 22.8 Å². The zero-order chi connectivity index (χ0) is 20.6. The molecule has 0 aromatic carbocycles. The zero-order valence-corrected chi connectivity index (χ0v) is 14.7. The lowest BCUT2D eigenvalue weighted by Crippen LogP contribution is -2.30. The van der Waals surface area contributed by atoms with Gasteiger partial charge >= 0.3 is 12.4 Å². The number of carbonyl (C=O) groups excluding carboxylic acids is 1. The smallest absolute Gasteiger partial charge is 0.345 e. The van der Waals surface area contributed by atoms with Crippen LogP contribution in [-0.4, -0.2) is 50.2 Å². The fourth-order valence-electron chi connectivity index (χ4n) is 2.53. The Morgan fingerprint density at radius 3 is 2.30 bits per heavy atom. The monoisotopic (exact) mass is 397 g/mol. The quantitative estimate of drug-likeness (QED) is 0.728. The first-order chi connectivity index (χ1) is 12.3. The Hall–Kier alpha value is -2.40. The highest BCUT2D eigenvalue weighted by atomic mass is 19.4. The lowest BCUT2D eigenvalue weighted by atomic mass is 10.1. The van der Waals surface area contributed by atoms with Crippen molar-refractivity contribution < 1.29 is 31.1 Å². The standard InChI is InChI=1S/C15H17F6N5O/c1-8-10(4-5-11(27)25(3)7-6-14(16,17)18)9(2)26-13(22-8)23-12(24-26)15(19,20)21/h4-7H2,1-3H3. The molecule has 0 unspecified atom stereocenters. The maximum absolute atomic E-state index is 12.8. The van der Waals surface area contributed by atoms with Crippen LogP contribution >= 0.6 is 0 Å². The Bertz CT molecular complexity index is 842. The van der Waals surface area contributed by atoms with E-state index in [1.54, 1.807) is 6.92 Å². The van der Waals surface area contributed by atoms with Gasteiger partial charge in [0.15, 0.2) is 0 Å². The van der Waals surface area contributed by atoms with Crippen LogP contribution in [-0.2, 0) is 17.4 Å². The average molecular weight is 397 g/mol. The van der Waals surface area contributed by atoms with E-state index in [1.165, 1.54) is 14.0 Å². The molecule has 2 heterocycles. The van der Waals surface area contributed by atoms with E-state index in [2.05, 4.69) is 15.1 Å². The largest absolute Gasteiger partial charge is 0.453 e. The molecule has 27 heavy (non-hydrogen) atoms. The molecule has 0 bridgehead atoms. The van der Waals surface area contributed by atoms with Gasteiger partial charge in [-0.3, -0.25) is 4.79 Å². The van der Waals surface area contributed by atoms with Crippen molar-refractivity contribution in [3.63, 3.8) is 0 Å². The molecule has 0 aliphatic heterocycles. The van der Waals surface area contributed by atoms with Gasteiger partial charge < -0.3 is 4.90 Å². The second-order valence-electron chi connectivity index (χ2n) is 6.09. The zero-order valence-electron chi connectivity index (χ0n) is 14.7. The van der Waals surface area contributed by atoms with E-state index >= 15 is 0 Å². The number of amides is 1. The highest BCUT2D eigenvalue weighted by Gasteiger charge is 2.37. The highest BCUT2D eigenvalue weighted by Crippen LogP contribution is 2.27. The maximum atomic E-state index is 12.8. The molecular weight excluding hydrogens is 380 g/mol. The van der Waals surface area contributed by atoms with Crippen LogP contribution in [0.2, 0.25) is 0 Å². The molecule has 6 nitrogen and oxygen atoms in total. The van der Waals surface area contributed by atoms with Gasteiger partial charge in [-0.15, -0.1) is 5.10 Å². The number of hydrogen-bond donors (Lipinski definition) is 0.